The number of imide groups is 1. The first-order valence-corrected chi connectivity index (χ1v) is 10.3. The third kappa shape index (κ3) is 4.19. The van der Waals surface area contributed by atoms with Gasteiger partial charge in [-0.15, -0.1) is 0 Å². The number of carbonyl (C=O) groups excluding carboxylic acids is 3. The van der Waals surface area contributed by atoms with Gasteiger partial charge in [0.1, 0.15) is 6.04 Å². The highest BCUT2D eigenvalue weighted by atomic mass is 16.5. The van der Waals surface area contributed by atoms with Crippen molar-refractivity contribution in [1.82, 2.24) is 15.5 Å². The summed E-state index contributed by atoms with van der Waals surface area (Å²) in [5, 5.41) is 5.83. The zero-order valence-electron chi connectivity index (χ0n) is 16.5. The summed E-state index contributed by atoms with van der Waals surface area (Å²) in [6, 6.07) is 5.27. The van der Waals surface area contributed by atoms with Gasteiger partial charge in [-0.2, -0.15) is 0 Å². The van der Waals surface area contributed by atoms with E-state index in [1.165, 1.54) is 0 Å². The average Bonchev–Trinajstić information content (AvgIpc) is 3.05. The number of ether oxygens (including phenoxy) is 1. The third-order valence-electron chi connectivity index (χ3n) is 6.13. The Morgan fingerprint density at radius 2 is 2.10 bits per heavy atom. The fourth-order valence-corrected chi connectivity index (χ4v) is 4.56. The van der Waals surface area contributed by atoms with E-state index in [-0.39, 0.29) is 30.2 Å². The quantitative estimate of drug-likeness (QED) is 0.592. The van der Waals surface area contributed by atoms with Crippen molar-refractivity contribution in [2.24, 2.45) is 11.7 Å². The van der Waals surface area contributed by atoms with Gasteiger partial charge in [0, 0.05) is 38.2 Å². The predicted octanol–water partition coefficient (Wildman–Crippen LogP) is 0.291. The molecule has 156 valence electrons. The van der Waals surface area contributed by atoms with Crippen LogP contribution in [0, 0.1) is 5.92 Å². The molecular formula is C21H28N4O4. The highest BCUT2D eigenvalue weighted by Gasteiger charge is 2.39. The van der Waals surface area contributed by atoms with Gasteiger partial charge in [0.05, 0.1) is 6.10 Å². The van der Waals surface area contributed by atoms with Crippen molar-refractivity contribution in [3.63, 3.8) is 0 Å². The normalized spacial score (nSPS) is 27.1. The molecule has 3 aliphatic heterocycles. The molecule has 0 saturated carbocycles. The van der Waals surface area contributed by atoms with Gasteiger partial charge in [-0.3, -0.25) is 19.7 Å². The fraction of sp³-hybridized carbons (Fsp3) is 0.571. The molecular weight excluding hydrogens is 372 g/mol. The molecule has 4 N–H and O–H groups in total. The number of hydrogen-bond donors (Lipinski definition) is 3. The Morgan fingerprint density at radius 1 is 1.24 bits per heavy atom. The van der Waals surface area contributed by atoms with Crippen LogP contribution in [0.3, 0.4) is 0 Å². The van der Waals surface area contributed by atoms with Crippen molar-refractivity contribution < 1.29 is 19.1 Å². The number of rotatable bonds is 6. The van der Waals surface area contributed by atoms with Crippen molar-refractivity contribution in [1.29, 1.82) is 0 Å². The minimum atomic E-state index is -0.580. The van der Waals surface area contributed by atoms with E-state index in [9.17, 15) is 14.4 Å². The minimum absolute atomic E-state index is 0.124. The fourth-order valence-electron chi connectivity index (χ4n) is 4.56. The first-order valence-electron chi connectivity index (χ1n) is 10.3. The van der Waals surface area contributed by atoms with E-state index in [1.807, 2.05) is 18.2 Å². The first kappa shape index (κ1) is 20.0. The van der Waals surface area contributed by atoms with Crippen LogP contribution < -0.4 is 16.4 Å². The molecule has 0 spiro atoms. The topological polar surface area (TPSA) is 114 Å². The molecule has 0 aromatic heterocycles. The molecule has 3 unspecified atom stereocenters. The Labute approximate surface area is 170 Å². The Kier molecular flexibility index (Phi) is 5.94. The van der Waals surface area contributed by atoms with Crippen LogP contribution in [0.5, 0.6) is 0 Å². The van der Waals surface area contributed by atoms with Gasteiger partial charge in [-0.1, -0.05) is 18.2 Å². The lowest BCUT2D eigenvalue weighted by Crippen LogP contribution is -2.52. The molecule has 3 atom stereocenters. The lowest BCUT2D eigenvalue weighted by molar-refractivity contribution is -0.136. The standard InChI is InChI=1S/C21H28N4O4/c22-9-16-8-13(6-7-29-16)10-23-11-14-2-1-3-15-12-25(21(28)19(14)15)17-4-5-18(26)24-20(17)27/h1-3,13,16-17,23H,4-12,22H2,(H,24,26,27). The molecule has 0 radical (unpaired) electrons. The Morgan fingerprint density at radius 3 is 2.90 bits per heavy atom. The molecule has 3 aliphatic rings. The number of fused-ring (bicyclic) bond motifs is 1. The molecule has 1 aromatic rings. The van der Waals surface area contributed by atoms with Crippen LogP contribution in [0.2, 0.25) is 0 Å². The second-order valence-corrected chi connectivity index (χ2v) is 8.10. The van der Waals surface area contributed by atoms with E-state index < -0.39 is 6.04 Å². The van der Waals surface area contributed by atoms with Gasteiger partial charge >= 0.3 is 0 Å². The van der Waals surface area contributed by atoms with Gasteiger partial charge in [-0.25, -0.2) is 0 Å². The SMILES string of the molecule is NCC1CC(CNCc2cccc3c2C(=O)N(C2CCC(=O)NC2=O)C3)CCO1. The second kappa shape index (κ2) is 8.61. The number of benzene rings is 1. The van der Waals surface area contributed by atoms with Crippen LogP contribution in [0.25, 0.3) is 0 Å². The predicted molar refractivity (Wildman–Crippen MR) is 106 cm³/mol. The molecule has 8 nitrogen and oxygen atoms in total. The van der Waals surface area contributed by atoms with E-state index in [0.717, 1.165) is 37.1 Å². The van der Waals surface area contributed by atoms with Crippen molar-refractivity contribution >= 4 is 17.7 Å². The van der Waals surface area contributed by atoms with E-state index in [0.29, 0.717) is 37.5 Å². The van der Waals surface area contributed by atoms with Crippen LogP contribution >= 0.6 is 0 Å². The summed E-state index contributed by atoms with van der Waals surface area (Å²) in [7, 11) is 0. The summed E-state index contributed by atoms with van der Waals surface area (Å²) in [4.78, 5) is 38.3. The summed E-state index contributed by atoms with van der Waals surface area (Å²) in [6.45, 7) is 3.16. The lowest BCUT2D eigenvalue weighted by atomic mass is 9.95. The number of hydrogen-bond acceptors (Lipinski definition) is 6. The molecule has 8 heteroatoms. The second-order valence-electron chi connectivity index (χ2n) is 8.10. The van der Waals surface area contributed by atoms with Crippen LogP contribution in [-0.4, -0.2) is 54.5 Å². The monoisotopic (exact) mass is 400 g/mol. The van der Waals surface area contributed by atoms with Gasteiger partial charge in [0.2, 0.25) is 11.8 Å². The maximum atomic E-state index is 13.1. The van der Waals surface area contributed by atoms with E-state index in [1.54, 1.807) is 4.90 Å². The smallest absolute Gasteiger partial charge is 0.255 e. The highest BCUT2D eigenvalue weighted by Crippen LogP contribution is 2.30. The van der Waals surface area contributed by atoms with Gasteiger partial charge in [0.25, 0.3) is 5.91 Å². The molecule has 3 heterocycles. The largest absolute Gasteiger partial charge is 0.377 e. The Bertz CT molecular complexity index is 812. The number of piperidine rings is 1. The Hall–Kier alpha value is -2.29. The molecule has 2 fully saturated rings. The number of nitrogens with one attached hydrogen (secondary N) is 2. The van der Waals surface area contributed by atoms with Gasteiger partial charge in [-0.05, 0) is 42.9 Å². The molecule has 4 rings (SSSR count). The first-order chi connectivity index (χ1) is 14.1. The maximum absolute atomic E-state index is 13.1. The average molecular weight is 400 g/mol. The van der Waals surface area contributed by atoms with E-state index in [2.05, 4.69) is 10.6 Å². The summed E-state index contributed by atoms with van der Waals surface area (Å²) < 4.78 is 5.62. The molecule has 0 bridgehead atoms. The molecule has 29 heavy (non-hydrogen) atoms. The lowest BCUT2D eigenvalue weighted by Gasteiger charge is -2.29. The van der Waals surface area contributed by atoms with Crippen molar-refractivity contribution in [2.45, 2.75) is 50.9 Å². The summed E-state index contributed by atoms with van der Waals surface area (Å²) in [5.74, 6) is -0.257. The molecule has 1 aromatic carbocycles. The van der Waals surface area contributed by atoms with E-state index in [4.69, 9.17) is 10.5 Å². The Balaban J connectivity index is 1.40. The molecule has 0 aliphatic carbocycles. The number of nitrogens with zero attached hydrogens (tertiary/aromatic N) is 1. The summed E-state index contributed by atoms with van der Waals surface area (Å²) >= 11 is 0. The zero-order chi connectivity index (χ0) is 20.4. The number of amides is 3. The number of nitrogens with two attached hydrogens (primary N) is 1. The van der Waals surface area contributed by atoms with Crippen molar-refractivity contribution in [2.75, 3.05) is 19.7 Å². The van der Waals surface area contributed by atoms with E-state index >= 15 is 0 Å². The van der Waals surface area contributed by atoms with Crippen LogP contribution in [0.1, 0.15) is 47.2 Å². The van der Waals surface area contributed by atoms with Crippen LogP contribution in [0.4, 0.5) is 0 Å². The molecule has 2 saturated heterocycles. The maximum Gasteiger partial charge on any atom is 0.255 e. The van der Waals surface area contributed by atoms with Crippen molar-refractivity contribution in [3.8, 4) is 0 Å². The minimum Gasteiger partial charge on any atom is -0.377 e. The van der Waals surface area contributed by atoms with Gasteiger partial charge < -0.3 is 20.7 Å². The van der Waals surface area contributed by atoms with Crippen LogP contribution in [0.15, 0.2) is 18.2 Å². The van der Waals surface area contributed by atoms with Crippen LogP contribution in [-0.2, 0) is 27.4 Å². The zero-order valence-corrected chi connectivity index (χ0v) is 16.5. The summed E-state index contributed by atoms with van der Waals surface area (Å²) in [6.07, 6.45) is 2.75. The van der Waals surface area contributed by atoms with Gasteiger partial charge in [0.15, 0.2) is 0 Å². The summed E-state index contributed by atoms with van der Waals surface area (Å²) in [5.41, 5.74) is 8.30. The van der Waals surface area contributed by atoms with Crippen molar-refractivity contribution in [3.05, 3.63) is 34.9 Å². The third-order valence-corrected chi connectivity index (χ3v) is 6.13. The number of carbonyl (C=O) groups is 3. The highest BCUT2D eigenvalue weighted by molar-refractivity contribution is 6.05. The molecule has 3 amide bonds.